The maximum absolute atomic E-state index is 13.1. The highest BCUT2D eigenvalue weighted by Crippen LogP contribution is 2.30. The van der Waals surface area contributed by atoms with Crippen molar-refractivity contribution in [1.29, 1.82) is 0 Å². The number of nitrogens with one attached hydrogen (secondary N) is 1. The Bertz CT molecular complexity index is 1160. The highest BCUT2D eigenvalue weighted by Gasteiger charge is 2.19. The lowest BCUT2D eigenvalue weighted by molar-refractivity contribution is 0.102. The predicted octanol–water partition coefficient (Wildman–Crippen LogP) is 4.90. The molecule has 6 nitrogen and oxygen atoms in total. The van der Waals surface area contributed by atoms with Crippen LogP contribution in [-0.2, 0) is 0 Å². The minimum absolute atomic E-state index is 0.296. The fourth-order valence-electron chi connectivity index (χ4n) is 2.99. The second-order valence-corrected chi connectivity index (χ2v) is 6.20. The Morgan fingerprint density at radius 1 is 1.00 bits per heavy atom. The van der Waals surface area contributed by atoms with Gasteiger partial charge in [0.05, 0.1) is 14.2 Å². The number of amides is 1. The third kappa shape index (κ3) is 3.62. The van der Waals surface area contributed by atoms with Gasteiger partial charge in [0.1, 0.15) is 28.4 Å². The van der Waals surface area contributed by atoms with Gasteiger partial charge in [-0.25, -0.2) is 9.37 Å². The minimum atomic E-state index is -0.374. The van der Waals surface area contributed by atoms with Crippen molar-refractivity contribution in [2.75, 3.05) is 19.5 Å². The number of fused-ring (bicyclic) bond motifs is 1. The van der Waals surface area contributed by atoms with Crippen molar-refractivity contribution in [1.82, 2.24) is 4.98 Å². The largest absolute Gasteiger partial charge is 0.496 e. The SMILES string of the molecule is COc1cccc(OC)c1C(=O)Nc1ccc2oc(-c3ccc(F)cc3)nc2c1. The quantitative estimate of drug-likeness (QED) is 0.523. The van der Waals surface area contributed by atoms with E-state index in [-0.39, 0.29) is 11.7 Å². The monoisotopic (exact) mass is 392 g/mol. The fraction of sp³-hybridized carbons (Fsp3) is 0.0909. The van der Waals surface area contributed by atoms with E-state index in [1.165, 1.54) is 26.4 Å². The number of anilines is 1. The summed E-state index contributed by atoms with van der Waals surface area (Å²) in [7, 11) is 2.98. The molecule has 0 spiro atoms. The standard InChI is InChI=1S/C22H17FN2O4/c1-27-18-4-3-5-19(28-2)20(18)21(26)24-15-10-11-17-16(12-15)25-22(29-17)13-6-8-14(23)9-7-13/h3-12H,1-2H3,(H,24,26). The third-order valence-corrected chi connectivity index (χ3v) is 4.39. The summed E-state index contributed by atoms with van der Waals surface area (Å²) in [5, 5.41) is 2.83. The molecule has 1 aromatic heterocycles. The molecule has 0 aliphatic carbocycles. The smallest absolute Gasteiger partial charge is 0.263 e. The Kier molecular flexibility index (Phi) is 4.87. The molecule has 0 aliphatic rings. The Morgan fingerprint density at radius 3 is 2.34 bits per heavy atom. The summed E-state index contributed by atoms with van der Waals surface area (Å²) in [6, 6.07) is 16.1. The molecule has 146 valence electrons. The van der Waals surface area contributed by atoms with Crippen LogP contribution >= 0.6 is 0 Å². The van der Waals surface area contributed by atoms with E-state index in [1.807, 2.05) is 0 Å². The van der Waals surface area contributed by atoms with Gasteiger partial charge >= 0.3 is 0 Å². The van der Waals surface area contributed by atoms with E-state index >= 15 is 0 Å². The highest BCUT2D eigenvalue weighted by molar-refractivity contribution is 6.08. The second-order valence-electron chi connectivity index (χ2n) is 6.20. The van der Waals surface area contributed by atoms with Crippen LogP contribution in [0.1, 0.15) is 10.4 Å². The molecular weight excluding hydrogens is 375 g/mol. The van der Waals surface area contributed by atoms with Crippen LogP contribution in [0.25, 0.3) is 22.6 Å². The Balaban J connectivity index is 1.64. The number of carbonyl (C=O) groups is 1. The maximum Gasteiger partial charge on any atom is 0.263 e. The molecule has 0 saturated heterocycles. The summed E-state index contributed by atoms with van der Waals surface area (Å²) in [4.78, 5) is 17.2. The number of hydrogen-bond donors (Lipinski definition) is 1. The number of methoxy groups -OCH3 is 2. The lowest BCUT2D eigenvalue weighted by Gasteiger charge is -2.12. The fourth-order valence-corrected chi connectivity index (χ4v) is 2.99. The molecular formula is C22H17FN2O4. The van der Waals surface area contributed by atoms with Gasteiger partial charge in [0.25, 0.3) is 5.91 Å². The van der Waals surface area contributed by atoms with Gasteiger partial charge in [0.15, 0.2) is 5.58 Å². The van der Waals surface area contributed by atoms with Crippen LogP contribution in [0.2, 0.25) is 0 Å². The molecule has 0 atom stereocenters. The van der Waals surface area contributed by atoms with Gasteiger partial charge in [0.2, 0.25) is 5.89 Å². The lowest BCUT2D eigenvalue weighted by Crippen LogP contribution is -2.14. The van der Waals surface area contributed by atoms with Crippen LogP contribution in [0.4, 0.5) is 10.1 Å². The van der Waals surface area contributed by atoms with E-state index in [0.717, 1.165) is 0 Å². The van der Waals surface area contributed by atoms with Gasteiger partial charge in [-0.15, -0.1) is 0 Å². The van der Waals surface area contributed by atoms with Crippen molar-refractivity contribution in [3.05, 3.63) is 72.0 Å². The Hall–Kier alpha value is -3.87. The van der Waals surface area contributed by atoms with E-state index in [4.69, 9.17) is 13.9 Å². The van der Waals surface area contributed by atoms with Crippen LogP contribution in [0.5, 0.6) is 11.5 Å². The Morgan fingerprint density at radius 2 is 1.69 bits per heavy atom. The van der Waals surface area contributed by atoms with E-state index in [0.29, 0.717) is 45.3 Å². The summed E-state index contributed by atoms with van der Waals surface area (Å²) >= 11 is 0. The van der Waals surface area contributed by atoms with E-state index in [9.17, 15) is 9.18 Å². The number of carbonyl (C=O) groups excluding carboxylic acids is 1. The summed E-state index contributed by atoms with van der Waals surface area (Å²) < 4.78 is 29.4. The van der Waals surface area contributed by atoms with Crippen LogP contribution < -0.4 is 14.8 Å². The predicted molar refractivity (Wildman–Crippen MR) is 107 cm³/mol. The molecule has 0 radical (unpaired) electrons. The number of oxazole rings is 1. The topological polar surface area (TPSA) is 73.6 Å². The van der Waals surface area contributed by atoms with Crippen LogP contribution in [0, 0.1) is 5.82 Å². The summed E-state index contributed by atoms with van der Waals surface area (Å²) in [6.07, 6.45) is 0. The van der Waals surface area contributed by atoms with E-state index < -0.39 is 0 Å². The zero-order valence-corrected chi connectivity index (χ0v) is 15.7. The first-order chi connectivity index (χ1) is 14.1. The molecule has 4 rings (SSSR count). The normalized spacial score (nSPS) is 10.7. The molecule has 1 amide bonds. The zero-order valence-electron chi connectivity index (χ0n) is 15.7. The van der Waals surface area contributed by atoms with Gasteiger partial charge in [-0.2, -0.15) is 0 Å². The molecule has 0 saturated carbocycles. The van der Waals surface area contributed by atoms with E-state index in [1.54, 1.807) is 48.5 Å². The van der Waals surface area contributed by atoms with Crippen molar-refractivity contribution in [2.45, 2.75) is 0 Å². The van der Waals surface area contributed by atoms with Crippen LogP contribution in [0.3, 0.4) is 0 Å². The molecule has 0 unspecified atom stereocenters. The zero-order chi connectivity index (χ0) is 20.4. The third-order valence-electron chi connectivity index (χ3n) is 4.39. The Labute approximate surface area is 165 Å². The van der Waals surface area contributed by atoms with Gasteiger partial charge in [-0.3, -0.25) is 4.79 Å². The number of aromatic nitrogens is 1. The molecule has 4 aromatic rings. The number of benzene rings is 3. The van der Waals surface area contributed by atoms with Crippen molar-refractivity contribution in [3.63, 3.8) is 0 Å². The summed E-state index contributed by atoms with van der Waals surface area (Å²) in [5.74, 6) is 0.475. The second kappa shape index (κ2) is 7.63. The number of rotatable bonds is 5. The van der Waals surface area contributed by atoms with Crippen molar-refractivity contribution >= 4 is 22.7 Å². The molecule has 0 aliphatic heterocycles. The molecule has 1 heterocycles. The average molecular weight is 392 g/mol. The van der Waals surface area contributed by atoms with Gasteiger partial charge in [-0.05, 0) is 54.6 Å². The van der Waals surface area contributed by atoms with Gasteiger partial charge < -0.3 is 19.2 Å². The van der Waals surface area contributed by atoms with Crippen molar-refractivity contribution in [3.8, 4) is 23.0 Å². The maximum atomic E-state index is 13.1. The van der Waals surface area contributed by atoms with Crippen LogP contribution in [-0.4, -0.2) is 25.1 Å². The molecule has 1 N–H and O–H groups in total. The lowest BCUT2D eigenvalue weighted by atomic mass is 10.1. The van der Waals surface area contributed by atoms with E-state index in [2.05, 4.69) is 10.3 Å². The molecule has 0 bridgehead atoms. The molecule has 29 heavy (non-hydrogen) atoms. The van der Waals surface area contributed by atoms with Crippen LogP contribution in [0.15, 0.2) is 65.1 Å². The summed E-state index contributed by atoms with van der Waals surface area (Å²) in [6.45, 7) is 0. The van der Waals surface area contributed by atoms with Gasteiger partial charge in [0, 0.05) is 11.3 Å². The number of ether oxygens (including phenoxy) is 2. The number of nitrogens with zero attached hydrogens (tertiary/aromatic N) is 1. The molecule has 0 fully saturated rings. The number of halogens is 1. The average Bonchev–Trinajstić information content (AvgIpc) is 3.16. The first-order valence-electron chi connectivity index (χ1n) is 8.78. The number of hydrogen-bond acceptors (Lipinski definition) is 5. The molecule has 7 heteroatoms. The first-order valence-corrected chi connectivity index (χ1v) is 8.78. The van der Waals surface area contributed by atoms with Gasteiger partial charge in [-0.1, -0.05) is 6.07 Å². The van der Waals surface area contributed by atoms with Crippen molar-refractivity contribution < 1.29 is 23.1 Å². The highest BCUT2D eigenvalue weighted by atomic mass is 19.1. The molecule has 3 aromatic carbocycles. The minimum Gasteiger partial charge on any atom is -0.496 e. The first kappa shape index (κ1) is 18.5. The van der Waals surface area contributed by atoms with Crippen molar-refractivity contribution in [2.24, 2.45) is 0 Å². The summed E-state index contributed by atoms with van der Waals surface area (Å²) in [5.41, 5.74) is 2.61.